The highest BCUT2D eigenvalue weighted by Gasteiger charge is 2.38. The number of sulfonamides is 1. The van der Waals surface area contributed by atoms with Crippen LogP contribution >= 0.6 is 0 Å². The zero-order valence-corrected chi connectivity index (χ0v) is 13.3. The highest BCUT2D eigenvalue weighted by Crippen LogP contribution is 2.34. The van der Waals surface area contributed by atoms with Crippen molar-refractivity contribution in [3.8, 4) is 0 Å². The Morgan fingerprint density at radius 3 is 2.57 bits per heavy atom. The van der Waals surface area contributed by atoms with Crippen molar-refractivity contribution < 1.29 is 17.9 Å². The Kier molecular flexibility index (Phi) is 5.01. The smallest absolute Gasteiger partial charge is 0.243 e. The minimum atomic E-state index is -3.71. The number of hydrogen-bond acceptors (Lipinski definition) is 3. The van der Waals surface area contributed by atoms with E-state index < -0.39 is 15.8 Å². The topological polar surface area (TPSA) is 57.6 Å². The van der Waals surface area contributed by atoms with Crippen LogP contribution in [0.3, 0.4) is 0 Å². The Morgan fingerprint density at radius 2 is 2.05 bits per heavy atom. The van der Waals surface area contributed by atoms with Gasteiger partial charge < -0.3 is 5.11 Å². The second kappa shape index (κ2) is 6.42. The lowest BCUT2D eigenvalue weighted by Gasteiger charge is -2.23. The van der Waals surface area contributed by atoms with Gasteiger partial charge in [-0.1, -0.05) is 13.3 Å². The molecule has 2 rings (SSSR count). The van der Waals surface area contributed by atoms with Crippen LogP contribution in [0, 0.1) is 12.7 Å². The number of nitrogens with zero attached hydrogens (tertiary/aromatic N) is 1. The summed E-state index contributed by atoms with van der Waals surface area (Å²) in [5.74, 6) is -0.591. The van der Waals surface area contributed by atoms with Crippen LogP contribution in [0.25, 0.3) is 0 Å². The molecule has 1 N–H and O–H groups in total. The van der Waals surface area contributed by atoms with Gasteiger partial charge in [-0.05, 0) is 43.9 Å². The van der Waals surface area contributed by atoms with E-state index in [2.05, 4.69) is 0 Å². The number of halogens is 1. The highest BCUT2D eigenvalue weighted by molar-refractivity contribution is 7.89. The van der Waals surface area contributed by atoms with E-state index in [1.165, 1.54) is 23.4 Å². The molecule has 1 aliphatic carbocycles. The van der Waals surface area contributed by atoms with Crippen LogP contribution < -0.4 is 0 Å². The van der Waals surface area contributed by atoms with Gasteiger partial charge in [-0.25, -0.2) is 12.8 Å². The molecule has 1 aromatic rings. The summed E-state index contributed by atoms with van der Waals surface area (Å²) < 4.78 is 41.1. The monoisotopic (exact) mass is 315 g/mol. The quantitative estimate of drug-likeness (QED) is 0.841. The Morgan fingerprint density at radius 1 is 1.38 bits per heavy atom. The summed E-state index contributed by atoms with van der Waals surface area (Å²) in [6.45, 7) is 3.56. The molecule has 0 spiro atoms. The average Bonchev–Trinajstić information content (AvgIpc) is 3.26. The molecule has 1 aliphatic rings. The van der Waals surface area contributed by atoms with Crippen LogP contribution in [0.1, 0.15) is 43.7 Å². The molecular weight excluding hydrogens is 293 g/mol. The van der Waals surface area contributed by atoms with E-state index in [1.807, 2.05) is 6.92 Å². The number of aliphatic hydroxyl groups is 1. The third kappa shape index (κ3) is 3.44. The normalized spacial score (nSPS) is 15.7. The SMILES string of the molecule is CCCCN(C1CC1)S(=O)(=O)c1cc(CO)cc(F)c1C. The van der Waals surface area contributed by atoms with Crippen molar-refractivity contribution in [3.63, 3.8) is 0 Å². The zero-order valence-electron chi connectivity index (χ0n) is 12.5. The first-order valence-electron chi connectivity index (χ1n) is 7.33. The number of hydrogen-bond donors (Lipinski definition) is 1. The predicted octanol–water partition coefficient (Wildman–Crippen LogP) is 2.58. The summed E-state index contributed by atoms with van der Waals surface area (Å²) in [4.78, 5) is -0.0189. The number of rotatable bonds is 7. The minimum Gasteiger partial charge on any atom is -0.392 e. The van der Waals surface area contributed by atoms with Gasteiger partial charge in [0.1, 0.15) is 5.82 Å². The first-order valence-corrected chi connectivity index (χ1v) is 8.77. The van der Waals surface area contributed by atoms with Crippen molar-refractivity contribution >= 4 is 10.0 Å². The standard InChI is InChI=1S/C15H22FNO3S/c1-3-4-7-17(13-5-6-13)21(19,20)15-9-12(10-18)8-14(16)11(15)2/h8-9,13,18H,3-7,10H2,1-2H3. The van der Waals surface area contributed by atoms with Crippen molar-refractivity contribution in [1.29, 1.82) is 0 Å². The summed E-state index contributed by atoms with van der Waals surface area (Å²) >= 11 is 0. The second-order valence-electron chi connectivity index (χ2n) is 5.56. The molecule has 0 heterocycles. The van der Waals surface area contributed by atoms with Gasteiger partial charge in [0.2, 0.25) is 10.0 Å². The first-order chi connectivity index (χ1) is 9.91. The highest BCUT2D eigenvalue weighted by atomic mass is 32.2. The Labute approximate surface area is 125 Å². The molecule has 118 valence electrons. The second-order valence-corrected chi connectivity index (χ2v) is 7.42. The lowest BCUT2D eigenvalue weighted by Crippen LogP contribution is -2.34. The maximum absolute atomic E-state index is 13.9. The number of unbranched alkanes of at least 4 members (excludes halogenated alkanes) is 1. The minimum absolute atomic E-state index is 0.0189. The summed E-state index contributed by atoms with van der Waals surface area (Å²) in [6.07, 6.45) is 3.42. The van der Waals surface area contributed by atoms with E-state index in [0.29, 0.717) is 6.54 Å². The number of benzene rings is 1. The molecule has 0 amide bonds. The van der Waals surface area contributed by atoms with Crippen LogP contribution in [-0.4, -0.2) is 30.4 Å². The van der Waals surface area contributed by atoms with Crippen LogP contribution in [0.2, 0.25) is 0 Å². The van der Waals surface area contributed by atoms with Crippen molar-refractivity contribution in [2.24, 2.45) is 0 Å². The lowest BCUT2D eigenvalue weighted by molar-refractivity contribution is 0.280. The van der Waals surface area contributed by atoms with Crippen molar-refractivity contribution in [2.75, 3.05) is 6.54 Å². The van der Waals surface area contributed by atoms with Gasteiger partial charge in [0.25, 0.3) is 0 Å². The summed E-state index contributed by atoms with van der Waals surface area (Å²) in [6, 6.07) is 2.61. The van der Waals surface area contributed by atoms with Crippen LogP contribution in [0.15, 0.2) is 17.0 Å². The molecule has 1 saturated carbocycles. The Bertz CT molecular complexity index is 612. The van der Waals surface area contributed by atoms with E-state index in [1.54, 1.807) is 0 Å². The Hall–Kier alpha value is -0.980. The third-order valence-electron chi connectivity index (χ3n) is 3.81. The fourth-order valence-electron chi connectivity index (χ4n) is 2.37. The molecule has 0 atom stereocenters. The molecule has 0 radical (unpaired) electrons. The van der Waals surface area contributed by atoms with Crippen molar-refractivity contribution in [1.82, 2.24) is 4.31 Å². The van der Waals surface area contributed by atoms with Crippen LogP contribution in [0.4, 0.5) is 4.39 Å². The summed E-state index contributed by atoms with van der Waals surface area (Å²) in [5, 5.41) is 9.17. The van der Waals surface area contributed by atoms with E-state index in [0.717, 1.165) is 25.7 Å². The maximum atomic E-state index is 13.9. The van der Waals surface area contributed by atoms with E-state index in [9.17, 15) is 12.8 Å². The number of aliphatic hydroxyl groups excluding tert-OH is 1. The Balaban J connectivity index is 2.44. The molecule has 1 fully saturated rings. The first kappa shape index (κ1) is 16.4. The zero-order chi connectivity index (χ0) is 15.6. The molecule has 0 aromatic heterocycles. The average molecular weight is 315 g/mol. The van der Waals surface area contributed by atoms with Crippen LogP contribution in [0.5, 0.6) is 0 Å². The van der Waals surface area contributed by atoms with Crippen LogP contribution in [-0.2, 0) is 16.6 Å². The molecule has 21 heavy (non-hydrogen) atoms. The van der Waals surface area contributed by atoms with Gasteiger partial charge in [0.15, 0.2) is 0 Å². The van der Waals surface area contributed by atoms with E-state index in [-0.39, 0.29) is 28.7 Å². The van der Waals surface area contributed by atoms with Gasteiger partial charge >= 0.3 is 0 Å². The predicted molar refractivity (Wildman–Crippen MR) is 78.9 cm³/mol. The molecular formula is C15H22FNO3S. The molecule has 0 aliphatic heterocycles. The summed E-state index contributed by atoms with van der Waals surface area (Å²) in [5.41, 5.74) is 0.400. The largest absolute Gasteiger partial charge is 0.392 e. The fraction of sp³-hybridized carbons (Fsp3) is 0.600. The van der Waals surface area contributed by atoms with Crippen molar-refractivity contribution in [2.45, 2.75) is 57.1 Å². The van der Waals surface area contributed by atoms with Gasteiger partial charge in [-0.2, -0.15) is 4.31 Å². The molecule has 0 bridgehead atoms. The van der Waals surface area contributed by atoms with E-state index >= 15 is 0 Å². The fourth-order valence-corrected chi connectivity index (χ4v) is 4.38. The maximum Gasteiger partial charge on any atom is 0.243 e. The summed E-state index contributed by atoms with van der Waals surface area (Å²) in [7, 11) is -3.71. The lowest BCUT2D eigenvalue weighted by atomic mass is 10.1. The third-order valence-corrected chi connectivity index (χ3v) is 5.89. The molecule has 6 heteroatoms. The van der Waals surface area contributed by atoms with Crippen molar-refractivity contribution in [3.05, 3.63) is 29.1 Å². The van der Waals surface area contributed by atoms with Gasteiger partial charge in [0.05, 0.1) is 11.5 Å². The van der Waals surface area contributed by atoms with E-state index in [4.69, 9.17) is 5.11 Å². The van der Waals surface area contributed by atoms with Gasteiger partial charge in [-0.15, -0.1) is 0 Å². The molecule has 0 saturated heterocycles. The van der Waals surface area contributed by atoms with Gasteiger partial charge in [0, 0.05) is 18.2 Å². The molecule has 1 aromatic carbocycles. The van der Waals surface area contributed by atoms with Gasteiger partial charge in [-0.3, -0.25) is 0 Å². The molecule has 0 unspecified atom stereocenters. The molecule has 4 nitrogen and oxygen atoms in total.